The van der Waals surface area contributed by atoms with Crippen molar-refractivity contribution in [2.45, 2.75) is 25.4 Å². The van der Waals surface area contributed by atoms with Crippen molar-refractivity contribution in [2.75, 3.05) is 38.4 Å². The van der Waals surface area contributed by atoms with E-state index in [4.69, 9.17) is 15.2 Å². The molecule has 4 rings (SSSR count). The molecule has 0 fully saturated rings. The number of hydrogen-bond acceptors (Lipinski definition) is 7. The zero-order chi connectivity index (χ0) is 24.5. The molecule has 0 saturated heterocycles. The van der Waals surface area contributed by atoms with Crippen LogP contribution in [-0.2, 0) is 22.5 Å². The fraction of sp³-hybridized carbons (Fsp3) is 0.370. The molecular weight excluding hydrogens is 460 g/mol. The number of hydrogen-bond donors (Lipinski definition) is 1. The maximum Gasteiger partial charge on any atom is 0.239 e. The Morgan fingerprint density at radius 3 is 2.74 bits per heavy atom. The van der Waals surface area contributed by atoms with Crippen LogP contribution in [0.25, 0.3) is 11.1 Å². The van der Waals surface area contributed by atoms with Gasteiger partial charge in [0.05, 0.1) is 19.3 Å². The van der Waals surface area contributed by atoms with E-state index < -0.39 is 6.04 Å². The van der Waals surface area contributed by atoms with Crippen LogP contribution in [0.2, 0.25) is 0 Å². The number of fused-ring (bicyclic) bond motifs is 3. The molecule has 2 aromatic carbocycles. The van der Waals surface area contributed by atoms with E-state index in [1.165, 1.54) is 6.33 Å². The molecule has 2 heterocycles. The molecule has 184 valence electrons. The van der Waals surface area contributed by atoms with Gasteiger partial charge in [-0.2, -0.15) is 11.8 Å². The molecule has 0 radical (unpaired) electrons. The van der Waals surface area contributed by atoms with Gasteiger partial charge in [0.15, 0.2) is 0 Å². The second kappa shape index (κ2) is 12.7. The van der Waals surface area contributed by atoms with Crippen LogP contribution in [0.4, 0.5) is 0 Å². The molecule has 0 saturated carbocycles. The van der Waals surface area contributed by atoms with E-state index in [0.717, 1.165) is 39.3 Å². The summed E-state index contributed by atoms with van der Waals surface area (Å²) in [5.74, 6) is 1.67. The van der Waals surface area contributed by atoms with Crippen LogP contribution >= 0.6 is 11.8 Å². The van der Waals surface area contributed by atoms with Crippen LogP contribution in [0.3, 0.4) is 0 Å². The third-order valence-electron chi connectivity index (χ3n) is 5.97. The molecule has 1 aliphatic heterocycles. The Labute approximate surface area is 211 Å². The summed E-state index contributed by atoms with van der Waals surface area (Å²) in [7, 11) is 0. The maximum atomic E-state index is 13.1. The normalized spacial score (nSPS) is 15.4. The summed E-state index contributed by atoms with van der Waals surface area (Å²) in [4.78, 5) is 23.2. The van der Waals surface area contributed by atoms with Crippen molar-refractivity contribution in [2.24, 2.45) is 5.73 Å². The van der Waals surface area contributed by atoms with Gasteiger partial charge in [-0.15, -0.1) is 0 Å². The maximum absolute atomic E-state index is 13.1. The lowest BCUT2D eigenvalue weighted by molar-refractivity contribution is -0.134. The van der Waals surface area contributed by atoms with Gasteiger partial charge in [-0.1, -0.05) is 30.3 Å². The van der Waals surface area contributed by atoms with Crippen LogP contribution in [0.15, 0.2) is 61.2 Å². The number of nitrogens with two attached hydrogens (primary N) is 1. The van der Waals surface area contributed by atoms with Gasteiger partial charge < -0.3 is 20.1 Å². The number of rotatable bonds is 5. The SMILES string of the molecule is CSCC[C@@H](N)C(=O)N1CCOCCOc2ccc(-c3cncnc3)cc2Cc2cccc(c2)C1. The molecule has 1 atom stereocenters. The quantitative estimate of drug-likeness (QED) is 0.582. The van der Waals surface area contributed by atoms with Gasteiger partial charge in [0.1, 0.15) is 18.7 Å². The monoisotopic (exact) mass is 492 g/mol. The molecule has 3 aromatic rings. The van der Waals surface area contributed by atoms with Gasteiger partial charge in [0.2, 0.25) is 5.91 Å². The highest BCUT2D eigenvalue weighted by Gasteiger charge is 2.21. The van der Waals surface area contributed by atoms with Crippen LogP contribution in [0.1, 0.15) is 23.1 Å². The van der Waals surface area contributed by atoms with E-state index in [9.17, 15) is 4.79 Å². The summed E-state index contributed by atoms with van der Waals surface area (Å²) < 4.78 is 11.9. The zero-order valence-corrected chi connectivity index (χ0v) is 20.9. The number of benzene rings is 2. The first kappa shape index (κ1) is 25.2. The van der Waals surface area contributed by atoms with Crippen LogP contribution in [-0.4, -0.2) is 65.2 Å². The smallest absolute Gasteiger partial charge is 0.239 e. The highest BCUT2D eigenvalue weighted by atomic mass is 32.2. The predicted molar refractivity (Wildman–Crippen MR) is 139 cm³/mol. The van der Waals surface area contributed by atoms with Crippen molar-refractivity contribution in [3.63, 3.8) is 0 Å². The number of carbonyl (C=O) groups is 1. The van der Waals surface area contributed by atoms with E-state index in [2.05, 4.69) is 34.2 Å². The summed E-state index contributed by atoms with van der Waals surface area (Å²) in [6, 6.07) is 14.0. The van der Waals surface area contributed by atoms with Crippen LogP contribution in [0, 0.1) is 0 Å². The number of nitrogens with zero attached hydrogens (tertiary/aromatic N) is 3. The van der Waals surface area contributed by atoms with Crippen molar-refractivity contribution in [3.05, 3.63) is 77.9 Å². The highest BCUT2D eigenvalue weighted by molar-refractivity contribution is 7.98. The minimum absolute atomic E-state index is 0.0311. The van der Waals surface area contributed by atoms with Crippen LogP contribution in [0.5, 0.6) is 5.75 Å². The molecule has 0 aliphatic carbocycles. The van der Waals surface area contributed by atoms with Gasteiger partial charge in [-0.25, -0.2) is 9.97 Å². The Kier molecular flexibility index (Phi) is 9.11. The van der Waals surface area contributed by atoms with E-state index in [1.54, 1.807) is 11.8 Å². The third kappa shape index (κ3) is 7.04. The van der Waals surface area contributed by atoms with Crippen molar-refractivity contribution in [1.82, 2.24) is 14.9 Å². The Balaban J connectivity index is 1.60. The summed E-state index contributed by atoms with van der Waals surface area (Å²) in [6.07, 6.45) is 8.53. The number of aromatic nitrogens is 2. The Hall–Kier alpha value is -2.94. The fourth-order valence-corrected chi connectivity index (χ4v) is 4.61. The number of ether oxygens (including phenoxy) is 2. The highest BCUT2D eigenvalue weighted by Crippen LogP contribution is 2.28. The second-order valence-corrected chi connectivity index (χ2v) is 9.54. The molecule has 0 spiro atoms. The molecule has 1 aliphatic rings. The van der Waals surface area contributed by atoms with Gasteiger partial charge in [0, 0.05) is 37.5 Å². The van der Waals surface area contributed by atoms with Crippen molar-refractivity contribution < 1.29 is 14.3 Å². The van der Waals surface area contributed by atoms with E-state index in [1.807, 2.05) is 41.7 Å². The van der Waals surface area contributed by atoms with E-state index >= 15 is 0 Å². The molecule has 8 heteroatoms. The first-order valence-electron chi connectivity index (χ1n) is 11.8. The Bertz CT molecular complexity index is 1110. The molecule has 35 heavy (non-hydrogen) atoms. The largest absolute Gasteiger partial charge is 0.491 e. The number of carbonyl (C=O) groups excluding carboxylic acids is 1. The first-order chi connectivity index (χ1) is 17.1. The third-order valence-corrected chi connectivity index (χ3v) is 6.61. The van der Waals surface area contributed by atoms with E-state index in [0.29, 0.717) is 45.8 Å². The second-order valence-electron chi connectivity index (χ2n) is 8.55. The van der Waals surface area contributed by atoms with Gasteiger partial charge in [0.25, 0.3) is 0 Å². The lowest BCUT2D eigenvalue weighted by atomic mass is 9.98. The number of amides is 1. The van der Waals surface area contributed by atoms with Crippen molar-refractivity contribution in [3.8, 4) is 16.9 Å². The van der Waals surface area contributed by atoms with E-state index in [-0.39, 0.29) is 5.91 Å². The summed E-state index contributed by atoms with van der Waals surface area (Å²) in [6.45, 7) is 2.31. The summed E-state index contributed by atoms with van der Waals surface area (Å²) in [5, 5.41) is 0. The van der Waals surface area contributed by atoms with Gasteiger partial charge >= 0.3 is 0 Å². The first-order valence-corrected chi connectivity index (χ1v) is 13.2. The Morgan fingerprint density at radius 1 is 1.09 bits per heavy atom. The number of thioether (sulfide) groups is 1. The standard InChI is InChI=1S/C27H32N4O3S/c1-35-12-7-25(28)27(32)31-8-9-33-10-11-34-26-6-5-22(24-16-29-19-30-17-24)15-23(26)14-20-3-2-4-21(13-20)18-31/h2-6,13,15-17,19,25H,7-12,14,18,28H2,1H3/t25-/m1/s1. The van der Waals surface area contributed by atoms with Crippen molar-refractivity contribution >= 4 is 17.7 Å². The predicted octanol–water partition coefficient (Wildman–Crippen LogP) is 3.55. The van der Waals surface area contributed by atoms with Crippen LogP contribution < -0.4 is 10.5 Å². The molecule has 2 bridgehead atoms. The summed E-state index contributed by atoms with van der Waals surface area (Å²) >= 11 is 1.70. The lowest BCUT2D eigenvalue weighted by Gasteiger charge is -2.26. The minimum Gasteiger partial charge on any atom is -0.491 e. The minimum atomic E-state index is -0.500. The van der Waals surface area contributed by atoms with Gasteiger partial charge in [-0.3, -0.25) is 4.79 Å². The molecule has 7 nitrogen and oxygen atoms in total. The average molecular weight is 493 g/mol. The molecular formula is C27H32N4O3S. The summed E-state index contributed by atoms with van der Waals surface area (Å²) in [5.41, 5.74) is 11.5. The topological polar surface area (TPSA) is 90.6 Å². The molecule has 1 amide bonds. The van der Waals surface area contributed by atoms with Crippen molar-refractivity contribution in [1.29, 1.82) is 0 Å². The molecule has 0 unspecified atom stereocenters. The fourth-order valence-electron chi connectivity index (χ4n) is 4.12. The zero-order valence-electron chi connectivity index (χ0n) is 20.1. The Morgan fingerprint density at radius 2 is 1.91 bits per heavy atom. The average Bonchev–Trinajstić information content (AvgIpc) is 2.89. The lowest BCUT2D eigenvalue weighted by Crippen LogP contribution is -2.45. The van der Waals surface area contributed by atoms with Gasteiger partial charge in [-0.05, 0) is 52.8 Å². The molecule has 1 aromatic heterocycles. The molecule has 2 N–H and O–H groups in total.